The van der Waals surface area contributed by atoms with Gasteiger partial charge in [-0.05, 0) is 24.6 Å². The van der Waals surface area contributed by atoms with Crippen LogP contribution in [0.3, 0.4) is 0 Å². The number of hydrogen-bond acceptors (Lipinski definition) is 5. The lowest BCUT2D eigenvalue weighted by Gasteiger charge is -2.06. The third-order valence-electron chi connectivity index (χ3n) is 4.29. The van der Waals surface area contributed by atoms with Crippen molar-refractivity contribution in [2.24, 2.45) is 0 Å². The van der Waals surface area contributed by atoms with E-state index >= 15 is 0 Å². The van der Waals surface area contributed by atoms with Gasteiger partial charge in [0.05, 0.1) is 0 Å². The number of carbonyl (C=O) groups excluding carboxylic acids is 1. The number of aryl methyl sites for hydroxylation is 1. The molecule has 0 aliphatic rings. The Bertz CT molecular complexity index is 1070. The van der Waals surface area contributed by atoms with E-state index in [2.05, 4.69) is 20.4 Å². The molecule has 6 heteroatoms. The number of carbonyl (C=O) groups is 1. The normalized spacial score (nSPS) is 10.6. The van der Waals surface area contributed by atoms with Crippen LogP contribution in [-0.2, 0) is 6.54 Å². The van der Waals surface area contributed by atoms with Crippen molar-refractivity contribution < 1.29 is 4.79 Å². The van der Waals surface area contributed by atoms with Crippen LogP contribution in [0.25, 0.3) is 11.4 Å². The summed E-state index contributed by atoms with van der Waals surface area (Å²) in [6.45, 7) is 2.55. The molecule has 0 fully saturated rings. The first-order valence-corrected chi connectivity index (χ1v) is 8.98. The average molecular weight is 369 g/mol. The van der Waals surface area contributed by atoms with Crippen molar-refractivity contribution in [3.05, 3.63) is 95.8 Å². The smallest absolute Gasteiger partial charge is 0.299 e. The summed E-state index contributed by atoms with van der Waals surface area (Å²) in [5.74, 6) is 0.539. The average Bonchev–Trinajstić information content (AvgIpc) is 3.18. The minimum Gasteiger partial charge on any atom is -0.350 e. The van der Waals surface area contributed by atoms with Crippen LogP contribution in [0.5, 0.6) is 0 Å². The topological polar surface area (TPSA) is 72.7 Å². The Labute approximate surface area is 162 Å². The van der Waals surface area contributed by atoms with Crippen molar-refractivity contribution in [2.45, 2.75) is 13.5 Å². The number of benzene rings is 2. The van der Waals surface area contributed by atoms with E-state index in [1.165, 1.54) is 4.68 Å². The second-order valence-electron chi connectivity index (χ2n) is 6.40. The van der Waals surface area contributed by atoms with Gasteiger partial charge in [-0.25, -0.2) is 0 Å². The van der Waals surface area contributed by atoms with E-state index in [9.17, 15) is 4.79 Å². The van der Waals surface area contributed by atoms with Crippen molar-refractivity contribution in [1.29, 1.82) is 0 Å². The molecular formula is C22H19N5O. The molecule has 2 heterocycles. The fourth-order valence-electron chi connectivity index (χ4n) is 2.77. The molecule has 4 aromatic rings. The fraction of sp³-hybridized carbons (Fsp3) is 0.0909. The Kier molecular flexibility index (Phi) is 4.93. The second-order valence-corrected chi connectivity index (χ2v) is 6.40. The highest BCUT2D eigenvalue weighted by Gasteiger charge is 2.19. The lowest BCUT2D eigenvalue weighted by atomic mass is 10.1. The van der Waals surface area contributed by atoms with E-state index in [0.29, 0.717) is 24.0 Å². The molecule has 138 valence electrons. The second kappa shape index (κ2) is 7.84. The maximum absolute atomic E-state index is 12.9. The van der Waals surface area contributed by atoms with Crippen LogP contribution in [0.2, 0.25) is 0 Å². The minimum atomic E-state index is -0.331. The quantitative estimate of drug-likeness (QED) is 0.577. The predicted octanol–water partition coefficient (Wildman–Crippen LogP) is 3.95. The van der Waals surface area contributed by atoms with Crippen molar-refractivity contribution in [2.75, 3.05) is 5.32 Å². The zero-order chi connectivity index (χ0) is 19.3. The van der Waals surface area contributed by atoms with Gasteiger partial charge >= 0.3 is 0 Å². The maximum atomic E-state index is 12.9. The SMILES string of the molecule is Cc1ccc(-c2nc(NCc3ccccc3)n(C(=O)c3ccccn3)n2)cc1. The first kappa shape index (κ1) is 17.6. The number of hydrogen-bond donors (Lipinski definition) is 1. The molecule has 4 rings (SSSR count). The Morgan fingerprint density at radius 1 is 0.964 bits per heavy atom. The molecule has 2 aromatic heterocycles. The molecule has 6 nitrogen and oxygen atoms in total. The summed E-state index contributed by atoms with van der Waals surface area (Å²) in [6, 6.07) is 23.0. The monoisotopic (exact) mass is 369 g/mol. The van der Waals surface area contributed by atoms with Crippen LogP contribution >= 0.6 is 0 Å². The predicted molar refractivity (Wildman–Crippen MR) is 108 cm³/mol. The van der Waals surface area contributed by atoms with E-state index in [-0.39, 0.29) is 5.91 Å². The molecule has 0 aliphatic carbocycles. The van der Waals surface area contributed by atoms with Gasteiger partial charge in [0.15, 0.2) is 5.82 Å². The van der Waals surface area contributed by atoms with E-state index in [1.807, 2.05) is 61.5 Å². The lowest BCUT2D eigenvalue weighted by molar-refractivity contribution is 0.0942. The first-order chi connectivity index (χ1) is 13.7. The number of anilines is 1. The molecule has 0 bridgehead atoms. The number of rotatable bonds is 5. The van der Waals surface area contributed by atoms with Crippen molar-refractivity contribution in [1.82, 2.24) is 19.7 Å². The summed E-state index contributed by atoms with van der Waals surface area (Å²) in [5.41, 5.74) is 3.39. The summed E-state index contributed by atoms with van der Waals surface area (Å²) in [4.78, 5) is 21.6. The van der Waals surface area contributed by atoms with Crippen LogP contribution < -0.4 is 5.32 Å². The maximum Gasteiger partial charge on any atom is 0.299 e. The van der Waals surface area contributed by atoms with E-state index in [4.69, 9.17) is 0 Å². The zero-order valence-corrected chi connectivity index (χ0v) is 15.4. The van der Waals surface area contributed by atoms with Gasteiger partial charge in [-0.1, -0.05) is 66.2 Å². The van der Waals surface area contributed by atoms with Crippen LogP contribution in [0.4, 0.5) is 5.95 Å². The van der Waals surface area contributed by atoms with Crippen molar-refractivity contribution >= 4 is 11.9 Å². The van der Waals surface area contributed by atoms with Crippen LogP contribution in [0.15, 0.2) is 79.0 Å². The Morgan fingerprint density at radius 2 is 1.71 bits per heavy atom. The number of aromatic nitrogens is 4. The van der Waals surface area contributed by atoms with Gasteiger partial charge in [-0.15, -0.1) is 5.10 Å². The van der Waals surface area contributed by atoms with Gasteiger partial charge in [0.1, 0.15) is 5.69 Å². The van der Waals surface area contributed by atoms with Crippen LogP contribution in [-0.4, -0.2) is 25.7 Å². The molecule has 0 amide bonds. The molecule has 0 atom stereocenters. The summed E-state index contributed by atoms with van der Waals surface area (Å²) < 4.78 is 1.28. The molecule has 0 aliphatic heterocycles. The van der Waals surface area contributed by atoms with E-state index in [0.717, 1.165) is 16.7 Å². The Balaban J connectivity index is 1.69. The molecule has 0 saturated carbocycles. The van der Waals surface area contributed by atoms with Gasteiger partial charge in [-0.2, -0.15) is 9.67 Å². The first-order valence-electron chi connectivity index (χ1n) is 8.98. The Hall–Kier alpha value is -3.80. The van der Waals surface area contributed by atoms with E-state index in [1.54, 1.807) is 24.4 Å². The molecule has 1 N–H and O–H groups in total. The zero-order valence-electron chi connectivity index (χ0n) is 15.4. The Morgan fingerprint density at radius 3 is 2.43 bits per heavy atom. The number of nitrogens with one attached hydrogen (secondary N) is 1. The molecule has 0 radical (unpaired) electrons. The molecule has 0 spiro atoms. The number of pyridine rings is 1. The summed E-state index contributed by atoms with van der Waals surface area (Å²) >= 11 is 0. The summed E-state index contributed by atoms with van der Waals surface area (Å²) in [6.07, 6.45) is 1.59. The minimum absolute atomic E-state index is 0.311. The summed E-state index contributed by atoms with van der Waals surface area (Å²) in [7, 11) is 0. The lowest BCUT2D eigenvalue weighted by Crippen LogP contribution is -2.18. The fourth-order valence-corrected chi connectivity index (χ4v) is 2.77. The third-order valence-corrected chi connectivity index (χ3v) is 4.29. The van der Waals surface area contributed by atoms with Gasteiger partial charge < -0.3 is 5.32 Å². The van der Waals surface area contributed by atoms with Gasteiger partial charge in [-0.3, -0.25) is 9.78 Å². The molecule has 0 saturated heterocycles. The third kappa shape index (κ3) is 3.81. The molecule has 0 unspecified atom stereocenters. The largest absolute Gasteiger partial charge is 0.350 e. The standard InChI is InChI=1S/C22H19N5O/c1-16-10-12-18(13-11-16)20-25-22(24-15-17-7-3-2-4-8-17)27(26-20)21(28)19-9-5-6-14-23-19/h2-14H,15H2,1H3,(H,24,25,26). The molecular weight excluding hydrogens is 350 g/mol. The van der Waals surface area contributed by atoms with Crippen molar-refractivity contribution in [3.8, 4) is 11.4 Å². The summed E-state index contributed by atoms with van der Waals surface area (Å²) in [5, 5.41) is 7.67. The molecule has 2 aromatic carbocycles. The van der Waals surface area contributed by atoms with Gasteiger partial charge in [0, 0.05) is 18.3 Å². The van der Waals surface area contributed by atoms with Crippen LogP contribution in [0, 0.1) is 6.92 Å². The van der Waals surface area contributed by atoms with E-state index < -0.39 is 0 Å². The highest BCUT2D eigenvalue weighted by molar-refractivity contribution is 5.95. The number of nitrogens with zero attached hydrogens (tertiary/aromatic N) is 4. The van der Waals surface area contributed by atoms with Gasteiger partial charge in [0.25, 0.3) is 5.91 Å². The highest BCUT2D eigenvalue weighted by atomic mass is 16.2. The van der Waals surface area contributed by atoms with Crippen molar-refractivity contribution in [3.63, 3.8) is 0 Å². The van der Waals surface area contributed by atoms with Gasteiger partial charge in [0.2, 0.25) is 5.95 Å². The molecule has 28 heavy (non-hydrogen) atoms. The van der Waals surface area contributed by atoms with Crippen LogP contribution in [0.1, 0.15) is 21.6 Å². The highest BCUT2D eigenvalue weighted by Crippen LogP contribution is 2.20.